The van der Waals surface area contributed by atoms with Crippen LogP contribution in [0.3, 0.4) is 0 Å². The lowest BCUT2D eigenvalue weighted by atomic mass is 10.2. The van der Waals surface area contributed by atoms with E-state index in [0.717, 1.165) is 18.7 Å². The van der Waals surface area contributed by atoms with Gasteiger partial charge in [-0.3, -0.25) is 0 Å². The van der Waals surface area contributed by atoms with Gasteiger partial charge in [-0.25, -0.2) is 4.39 Å². The molecule has 0 saturated carbocycles. The number of hydrogen-bond donors (Lipinski definition) is 1. The number of nitrogens with one attached hydrogen (secondary N) is 1. The summed E-state index contributed by atoms with van der Waals surface area (Å²) < 4.78 is 23.9. The van der Waals surface area contributed by atoms with Gasteiger partial charge in [-0.15, -0.1) is 0 Å². The fourth-order valence-electron chi connectivity index (χ4n) is 2.02. The van der Waals surface area contributed by atoms with Gasteiger partial charge in [0.1, 0.15) is 11.6 Å². The molecule has 0 aliphatic heterocycles. The number of halogens is 1. The van der Waals surface area contributed by atoms with E-state index in [4.69, 9.17) is 9.47 Å². The molecule has 0 bridgehead atoms. The van der Waals surface area contributed by atoms with Crippen molar-refractivity contribution in [2.75, 3.05) is 20.3 Å². The second-order valence-electron chi connectivity index (χ2n) is 4.67. The number of hydrogen-bond acceptors (Lipinski definition) is 3. The van der Waals surface area contributed by atoms with Crippen LogP contribution in [-0.4, -0.2) is 20.3 Å². The Morgan fingerprint density at radius 3 is 2.67 bits per heavy atom. The zero-order chi connectivity index (χ0) is 14.9. The van der Waals surface area contributed by atoms with Crippen LogP contribution in [0.2, 0.25) is 0 Å². The molecule has 2 aromatic rings. The van der Waals surface area contributed by atoms with Crippen LogP contribution in [0.5, 0.6) is 5.75 Å². The van der Waals surface area contributed by atoms with Crippen molar-refractivity contribution in [1.29, 1.82) is 0 Å². The molecule has 0 aliphatic rings. The summed E-state index contributed by atoms with van der Waals surface area (Å²) in [6.07, 6.45) is 0. The molecule has 0 aliphatic carbocycles. The Hall–Kier alpha value is -1.91. The zero-order valence-corrected chi connectivity index (χ0v) is 12.1. The highest BCUT2D eigenvalue weighted by Crippen LogP contribution is 2.19. The maximum atomic E-state index is 13.2. The van der Waals surface area contributed by atoms with Crippen molar-refractivity contribution in [1.82, 2.24) is 5.32 Å². The first kappa shape index (κ1) is 15.5. The van der Waals surface area contributed by atoms with Crippen LogP contribution >= 0.6 is 0 Å². The highest BCUT2D eigenvalue weighted by atomic mass is 19.1. The lowest BCUT2D eigenvalue weighted by molar-refractivity contribution is 0.120. The predicted octanol–water partition coefficient (Wildman–Crippen LogP) is 3.14. The molecule has 0 amide bonds. The van der Waals surface area contributed by atoms with Crippen LogP contribution < -0.4 is 10.1 Å². The van der Waals surface area contributed by atoms with E-state index >= 15 is 0 Å². The molecule has 0 spiro atoms. The summed E-state index contributed by atoms with van der Waals surface area (Å²) in [5.74, 6) is 0.366. The van der Waals surface area contributed by atoms with Gasteiger partial charge in [-0.2, -0.15) is 0 Å². The maximum Gasteiger partial charge on any atom is 0.124 e. The van der Waals surface area contributed by atoms with E-state index < -0.39 is 0 Å². The third-order valence-electron chi connectivity index (χ3n) is 3.10. The van der Waals surface area contributed by atoms with Crippen molar-refractivity contribution >= 4 is 0 Å². The highest BCUT2D eigenvalue weighted by molar-refractivity contribution is 5.33. The van der Waals surface area contributed by atoms with Crippen LogP contribution in [0.25, 0.3) is 0 Å². The summed E-state index contributed by atoms with van der Waals surface area (Å²) in [5, 5.41) is 3.30. The van der Waals surface area contributed by atoms with Crippen LogP contribution in [0, 0.1) is 5.82 Å². The fourth-order valence-corrected chi connectivity index (χ4v) is 2.02. The third kappa shape index (κ3) is 5.17. The first-order valence-electron chi connectivity index (χ1n) is 6.94. The Balaban J connectivity index is 1.67. The quantitative estimate of drug-likeness (QED) is 0.757. The Morgan fingerprint density at radius 1 is 1.10 bits per heavy atom. The number of rotatable bonds is 8. The molecule has 0 fully saturated rings. The summed E-state index contributed by atoms with van der Waals surface area (Å²) in [5.41, 5.74) is 1.96. The third-order valence-corrected chi connectivity index (χ3v) is 3.10. The van der Waals surface area contributed by atoms with Gasteiger partial charge < -0.3 is 14.8 Å². The minimum absolute atomic E-state index is 0.281. The van der Waals surface area contributed by atoms with Gasteiger partial charge in [-0.05, 0) is 23.8 Å². The van der Waals surface area contributed by atoms with Gasteiger partial charge >= 0.3 is 0 Å². The number of ether oxygens (including phenoxy) is 2. The molecule has 0 heterocycles. The second-order valence-corrected chi connectivity index (χ2v) is 4.67. The molecule has 1 N–H and O–H groups in total. The Kier molecular flexibility index (Phi) is 6.19. The number of benzene rings is 2. The van der Waals surface area contributed by atoms with Crippen molar-refractivity contribution in [3.8, 4) is 5.75 Å². The van der Waals surface area contributed by atoms with Crippen LogP contribution in [0.15, 0.2) is 48.5 Å². The van der Waals surface area contributed by atoms with Crippen LogP contribution in [0.4, 0.5) is 4.39 Å². The minimum Gasteiger partial charge on any atom is -0.496 e. The largest absolute Gasteiger partial charge is 0.496 e. The molecular formula is C17H20FNO2. The van der Waals surface area contributed by atoms with Gasteiger partial charge in [0.2, 0.25) is 0 Å². The van der Waals surface area contributed by atoms with E-state index in [2.05, 4.69) is 17.4 Å². The van der Waals surface area contributed by atoms with Crippen molar-refractivity contribution in [2.45, 2.75) is 13.2 Å². The van der Waals surface area contributed by atoms with E-state index in [0.29, 0.717) is 19.0 Å². The summed E-state index contributed by atoms with van der Waals surface area (Å²) in [4.78, 5) is 0. The minimum atomic E-state index is -0.281. The van der Waals surface area contributed by atoms with E-state index in [1.807, 2.05) is 18.2 Å². The molecule has 0 aromatic heterocycles. The predicted molar refractivity (Wildman–Crippen MR) is 80.8 cm³/mol. The normalized spacial score (nSPS) is 10.6. The Morgan fingerprint density at radius 2 is 1.90 bits per heavy atom. The van der Waals surface area contributed by atoms with Gasteiger partial charge in [0.05, 0.1) is 20.3 Å². The molecule has 0 atom stereocenters. The van der Waals surface area contributed by atoms with Gasteiger partial charge in [0.15, 0.2) is 0 Å². The molecule has 4 heteroatoms. The summed E-state index contributed by atoms with van der Waals surface area (Å²) >= 11 is 0. The first-order chi connectivity index (χ1) is 10.3. The highest BCUT2D eigenvalue weighted by Gasteiger charge is 2.04. The SMILES string of the molecule is COc1ccc(F)cc1COCCNCc1ccccc1. The number of methoxy groups -OCH3 is 1. The fraction of sp³-hybridized carbons (Fsp3) is 0.294. The van der Waals surface area contributed by atoms with Gasteiger partial charge in [0, 0.05) is 18.7 Å². The standard InChI is InChI=1S/C17H20FNO2/c1-20-17-8-7-16(18)11-15(17)13-21-10-9-19-12-14-5-3-2-4-6-14/h2-8,11,19H,9-10,12-13H2,1H3. The Bertz CT molecular complexity index is 546. The average Bonchev–Trinajstić information content (AvgIpc) is 2.52. The summed E-state index contributed by atoms with van der Waals surface area (Å²) in [6, 6.07) is 14.6. The Labute approximate surface area is 124 Å². The van der Waals surface area contributed by atoms with Gasteiger partial charge in [0.25, 0.3) is 0 Å². The monoisotopic (exact) mass is 289 g/mol. The molecule has 21 heavy (non-hydrogen) atoms. The summed E-state index contributed by atoms with van der Waals surface area (Å²) in [6.45, 7) is 2.46. The molecule has 2 aromatic carbocycles. The van der Waals surface area contributed by atoms with Crippen molar-refractivity contribution in [3.63, 3.8) is 0 Å². The van der Waals surface area contributed by atoms with Crippen molar-refractivity contribution < 1.29 is 13.9 Å². The lowest BCUT2D eigenvalue weighted by Gasteiger charge is -2.10. The van der Waals surface area contributed by atoms with Crippen molar-refractivity contribution in [2.24, 2.45) is 0 Å². The molecule has 0 unspecified atom stereocenters. The molecule has 3 nitrogen and oxygen atoms in total. The molecular weight excluding hydrogens is 269 g/mol. The second kappa shape index (κ2) is 8.39. The molecule has 0 saturated heterocycles. The molecule has 112 valence electrons. The van der Waals surface area contributed by atoms with E-state index in [-0.39, 0.29) is 5.82 Å². The van der Waals surface area contributed by atoms with Crippen LogP contribution in [0.1, 0.15) is 11.1 Å². The smallest absolute Gasteiger partial charge is 0.124 e. The van der Waals surface area contributed by atoms with Gasteiger partial charge in [-0.1, -0.05) is 30.3 Å². The van der Waals surface area contributed by atoms with E-state index in [9.17, 15) is 4.39 Å². The summed E-state index contributed by atoms with van der Waals surface area (Å²) in [7, 11) is 1.57. The van der Waals surface area contributed by atoms with Crippen LogP contribution in [-0.2, 0) is 17.9 Å². The lowest BCUT2D eigenvalue weighted by Crippen LogP contribution is -2.19. The molecule has 2 rings (SSSR count). The molecule has 0 radical (unpaired) electrons. The first-order valence-corrected chi connectivity index (χ1v) is 6.94. The average molecular weight is 289 g/mol. The van der Waals surface area contributed by atoms with E-state index in [1.165, 1.54) is 17.7 Å². The van der Waals surface area contributed by atoms with Crippen molar-refractivity contribution in [3.05, 3.63) is 65.5 Å². The van der Waals surface area contributed by atoms with E-state index in [1.54, 1.807) is 13.2 Å². The zero-order valence-electron chi connectivity index (χ0n) is 12.1. The topological polar surface area (TPSA) is 30.5 Å². The maximum absolute atomic E-state index is 13.2.